The highest BCUT2D eigenvalue weighted by Crippen LogP contribution is 2.20. The molecule has 2 amide bonds. The maximum absolute atomic E-state index is 13.5. The summed E-state index contributed by atoms with van der Waals surface area (Å²) in [5.41, 5.74) is 13.4. The van der Waals surface area contributed by atoms with Crippen molar-refractivity contribution in [1.82, 2.24) is 24.5 Å². The number of nitrogen functional groups attached to an aromatic ring is 1. The SMILES string of the molecule is CCc1cc2cccc(C#CCNC(=O)C3CCC(=O)O3)c2c(=O)n1-c1ccccc1.NC(=O)c1c(N)nn2cccnc12. The van der Waals surface area contributed by atoms with Gasteiger partial charge in [-0.1, -0.05) is 49.1 Å². The number of carbonyl (C=O) groups is 3. The van der Waals surface area contributed by atoms with Crippen molar-refractivity contribution in [1.29, 1.82) is 0 Å². The smallest absolute Gasteiger partial charge is 0.306 e. The van der Waals surface area contributed by atoms with Crippen molar-refractivity contribution in [2.75, 3.05) is 12.3 Å². The molecule has 2 aromatic carbocycles. The number of ether oxygens (including phenoxy) is 1. The Hall–Kier alpha value is -5.96. The van der Waals surface area contributed by atoms with Crippen LogP contribution < -0.4 is 22.3 Å². The van der Waals surface area contributed by atoms with E-state index in [9.17, 15) is 19.2 Å². The summed E-state index contributed by atoms with van der Waals surface area (Å²) >= 11 is 0. The Kier molecular flexibility index (Phi) is 8.67. The third-order valence-electron chi connectivity index (χ3n) is 6.92. The zero-order valence-electron chi connectivity index (χ0n) is 23.8. The van der Waals surface area contributed by atoms with E-state index in [2.05, 4.69) is 27.2 Å². The van der Waals surface area contributed by atoms with Gasteiger partial charge in [0.25, 0.3) is 17.4 Å². The number of fused-ring (bicyclic) bond motifs is 2. The van der Waals surface area contributed by atoms with Crippen LogP contribution in [0.3, 0.4) is 0 Å². The molecule has 1 fully saturated rings. The molecule has 1 aliphatic heterocycles. The van der Waals surface area contributed by atoms with Gasteiger partial charge in [0.15, 0.2) is 17.6 Å². The van der Waals surface area contributed by atoms with E-state index in [-0.39, 0.29) is 41.8 Å². The number of aryl methyl sites for hydroxylation is 1. The van der Waals surface area contributed by atoms with Crippen molar-refractivity contribution in [3.05, 3.63) is 100 Å². The molecule has 3 aromatic heterocycles. The third kappa shape index (κ3) is 6.12. The quantitative estimate of drug-likeness (QED) is 0.206. The minimum Gasteiger partial charge on any atom is -0.452 e. The number of hydrogen-bond donors (Lipinski definition) is 3. The fraction of sp³-hybridized carbons (Fsp3) is 0.188. The fourth-order valence-corrected chi connectivity index (χ4v) is 4.87. The zero-order valence-corrected chi connectivity index (χ0v) is 23.8. The lowest BCUT2D eigenvalue weighted by Crippen LogP contribution is -2.34. The largest absolute Gasteiger partial charge is 0.452 e. The zero-order chi connectivity index (χ0) is 31.2. The number of anilines is 1. The van der Waals surface area contributed by atoms with Gasteiger partial charge in [0.2, 0.25) is 0 Å². The predicted octanol–water partition coefficient (Wildman–Crippen LogP) is 2.14. The Bertz CT molecular complexity index is 2000. The number of nitrogens with zero attached hydrogens (tertiary/aromatic N) is 4. The fourth-order valence-electron chi connectivity index (χ4n) is 4.87. The van der Waals surface area contributed by atoms with Crippen LogP contribution in [-0.4, -0.2) is 49.6 Å². The summed E-state index contributed by atoms with van der Waals surface area (Å²) in [6.07, 6.45) is 3.81. The molecule has 6 rings (SSSR count). The van der Waals surface area contributed by atoms with Crippen LogP contribution in [0.1, 0.15) is 41.4 Å². The van der Waals surface area contributed by atoms with Gasteiger partial charge in [-0.25, -0.2) is 9.50 Å². The highest BCUT2D eigenvalue weighted by Gasteiger charge is 2.29. The maximum Gasteiger partial charge on any atom is 0.306 e. The van der Waals surface area contributed by atoms with E-state index >= 15 is 0 Å². The van der Waals surface area contributed by atoms with E-state index in [1.165, 1.54) is 4.52 Å². The Morgan fingerprint density at radius 1 is 1.11 bits per heavy atom. The van der Waals surface area contributed by atoms with Crippen LogP contribution in [0.5, 0.6) is 0 Å². The van der Waals surface area contributed by atoms with Gasteiger partial charge < -0.3 is 21.5 Å². The molecule has 1 saturated heterocycles. The molecular formula is C32H29N7O5. The number of nitrogens with two attached hydrogens (primary N) is 2. The van der Waals surface area contributed by atoms with Crippen molar-refractivity contribution in [3.8, 4) is 17.5 Å². The van der Waals surface area contributed by atoms with Crippen LogP contribution in [-0.2, 0) is 20.7 Å². The van der Waals surface area contributed by atoms with Crippen LogP contribution in [0.25, 0.3) is 22.1 Å². The second-order valence-corrected chi connectivity index (χ2v) is 9.78. The molecule has 5 N–H and O–H groups in total. The second kappa shape index (κ2) is 12.9. The first-order chi connectivity index (χ1) is 21.3. The summed E-state index contributed by atoms with van der Waals surface area (Å²) in [6.45, 7) is 2.12. The number of aromatic nitrogens is 4. The Balaban J connectivity index is 0.000000245. The normalized spacial score (nSPS) is 13.8. The molecule has 0 bridgehead atoms. The van der Waals surface area contributed by atoms with Crippen molar-refractivity contribution < 1.29 is 19.1 Å². The van der Waals surface area contributed by atoms with Gasteiger partial charge >= 0.3 is 5.97 Å². The number of benzene rings is 2. The number of nitrogens with one attached hydrogen (secondary N) is 1. The number of esters is 1. The highest BCUT2D eigenvalue weighted by atomic mass is 16.6. The summed E-state index contributed by atoms with van der Waals surface area (Å²) in [4.78, 5) is 51.5. The first-order valence-electron chi connectivity index (χ1n) is 13.9. The molecule has 4 heterocycles. The van der Waals surface area contributed by atoms with Crippen LogP contribution in [0.2, 0.25) is 0 Å². The average Bonchev–Trinajstić information content (AvgIpc) is 3.61. The van der Waals surface area contributed by atoms with Gasteiger partial charge in [-0.2, -0.15) is 0 Å². The number of rotatable bonds is 5. The molecule has 12 heteroatoms. The molecule has 0 spiro atoms. The van der Waals surface area contributed by atoms with Crippen LogP contribution in [0, 0.1) is 11.8 Å². The van der Waals surface area contributed by atoms with E-state index < -0.39 is 12.0 Å². The molecule has 5 aromatic rings. The van der Waals surface area contributed by atoms with Gasteiger partial charge in [-0.15, -0.1) is 5.10 Å². The van der Waals surface area contributed by atoms with E-state index in [1.807, 2.05) is 55.5 Å². The molecule has 0 saturated carbocycles. The summed E-state index contributed by atoms with van der Waals surface area (Å²) < 4.78 is 8.08. The first-order valence-corrected chi connectivity index (χ1v) is 13.9. The highest BCUT2D eigenvalue weighted by molar-refractivity contribution is 6.03. The monoisotopic (exact) mass is 591 g/mol. The molecule has 1 unspecified atom stereocenters. The van der Waals surface area contributed by atoms with Gasteiger partial charge in [-0.3, -0.25) is 23.7 Å². The van der Waals surface area contributed by atoms with Gasteiger partial charge in [0, 0.05) is 42.2 Å². The summed E-state index contributed by atoms with van der Waals surface area (Å²) in [5.74, 6) is 4.69. The molecule has 1 aliphatic rings. The third-order valence-corrected chi connectivity index (χ3v) is 6.92. The minimum absolute atomic E-state index is 0.100. The average molecular weight is 592 g/mol. The van der Waals surface area contributed by atoms with Crippen LogP contribution >= 0.6 is 0 Å². The molecule has 222 valence electrons. The number of pyridine rings is 1. The maximum atomic E-state index is 13.5. The Morgan fingerprint density at radius 3 is 2.61 bits per heavy atom. The van der Waals surface area contributed by atoms with Crippen molar-refractivity contribution >= 4 is 40.0 Å². The topological polar surface area (TPSA) is 177 Å². The predicted molar refractivity (Wildman–Crippen MR) is 164 cm³/mol. The summed E-state index contributed by atoms with van der Waals surface area (Å²) in [6, 6.07) is 18.8. The van der Waals surface area contributed by atoms with Crippen LogP contribution in [0.15, 0.2) is 77.9 Å². The molecule has 12 nitrogen and oxygen atoms in total. The molecule has 1 atom stereocenters. The minimum atomic E-state index is -0.739. The molecular weight excluding hydrogens is 562 g/mol. The number of cyclic esters (lactones) is 1. The lowest BCUT2D eigenvalue weighted by Gasteiger charge is -2.14. The van der Waals surface area contributed by atoms with Crippen molar-refractivity contribution in [2.24, 2.45) is 5.73 Å². The van der Waals surface area contributed by atoms with Gasteiger partial charge in [0.1, 0.15) is 5.56 Å². The standard InChI is InChI=1S/C25H22N2O4.C7H7N5O/c1-2-19-16-18-9-6-8-17(10-7-15-26-24(29)21-13-14-22(28)31-21)23(18)25(30)27(19)20-11-4-3-5-12-20;8-5-4(6(9)13)7-10-2-1-3-12(7)11-5/h3-6,8-9,11-12,16,21H,2,13-15H2,1H3,(H,26,29);1-3H,(H2,8,11)(H2,9,13). The van der Waals surface area contributed by atoms with Gasteiger partial charge in [0.05, 0.1) is 11.9 Å². The van der Waals surface area contributed by atoms with E-state index in [4.69, 9.17) is 16.2 Å². The lowest BCUT2D eigenvalue weighted by atomic mass is 10.0. The number of amides is 2. The number of primary amides is 1. The summed E-state index contributed by atoms with van der Waals surface area (Å²) in [7, 11) is 0. The first kappa shape index (κ1) is 29.5. The van der Waals surface area contributed by atoms with Crippen LogP contribution in [0.4, 0.5) is 5.82 Å². The number of para-hydroxylation sites is 1. The van der Waals surface area contributed by atoms with E-state index in [0.717, 1.165) is 16.8 Å². The Labute approximate surface area is 251 Å². The van der Waals surface area contributed by atoms with E-state index in [1.54, 1.807) is 29.1 Å². The number of hydrogen-bond acceptors (Lipinski definition) is 8. The second-order valence-electron chi connectivity index (χ2n) is 9.78. The number of carbonyl (C=O) groups excluding carboxylic acids is 3. The van der Waals surface area contributed by atoms with Crippen molar-refractivity contribution in [2.45, 2.75) is 32.3 Å². The van der Waals surface area contributed by atoms with E-state index in [0.29, 0.717) is 29.4 Å². The summed E-state index contributed by atoms with van der Waals surface area (Å²) in [5, 5.41) is 7.91. The lowest BCUT2D eigenvalue weighted by molar-refractivity contribution is -0.148. The van der Waals surface area contributed by atoms with Gasteiger partial charge in [-0.05, 0) is 42.1 Å². The molecule has 44 heavy (non-hydrogen) atoms. The molecule has 0 radical (unpaired) electrons. The van der Waals surface area contributed by atoms with Crippen molar-refractivity contribution in [3.63, 3.8) is 0 Å². The Morgan fingerprint density at radius 2 is 1.91 bits per heavy atom. The molecule has 0 aliphatic carbocycles.